The largest absolute Gasteiger partial charge is 0.368 e. The number of hydrogen-bond acceptors (Lipinski definition) is 4. The van der Waals surface area contributed by atoms with Crippen molar-refractivity contribution in [3.05, 3.63) is 70.2 Å². The molecule has 0 aliphatic carbocycles. The van der Waals surface area contributed by atoms with Gasteiger partial charge in [0.15, 0.2) is 0 Å². The van der Waals surface area contributed by atoms with Gasteiger partial charge in [-0.1, -0.05) is 0 Å². The number of carbonyl (C=O) groups excluding carboxylic acids is 1. The Bertz CT molecular complexity index is 1010. The van der Waals surface area contributed by atoms with Gasteiger partial charge in [-0.05, 0) is 36.4 Å². The second-order valence-electron chi connectivity index (χ2n) is 6.47. The van der Waals surface area contributed by atoms with Gasteiger partial charge in [-0.25, -0.2) is 4.39 Å². The minimum Gasteiger partial charge on any atom is -0.368 e. The van der Waals surface area contributed by atoms with E-state index in [9.17, 15) is 19.3 Å². The van der Waals surface area contributed by atoms with Gasteiger partial charge >= 0.3 is 0 Å². The molecular weight excluding hydrogens is 351 g/mol. The van der Waals surface area contributed by atoms with E-state index >= 15 is 0 Å². The molecule has 1 aliphatic heterocycles. The second kappa shape index (κ2) is 6.71. The van der Waals surface area contributed by atoms with Crippen LogP contribution in [0.3, 0.4) is 0 Å². The SMILES string of the molecule is O=C(c1cc2cc(F)ccc2[nH]1)N1CCN(c2ccc([N+](=O)[O-])cc2)CC1. The molecule has 2 heterocycles. The van der Waals surface area contributed by atoms with E-state index < -0.39 is 4.92 Å². The molecule has 0 unspecified atom stereocenters. The monoisotopic (exact) mass is 368 g/mol. The quantitative estimate of drug-likeness (QED) is 0.569. The highest BCUT2D eigenvalue weighted by atomic mass is 19.1. The highest BCUT2D eigenvalue weighted by Crippen LogP contribution is 2.22. The van der Waals surface area contributed by atoms with Crippen molar-refractivity contribution in [1.82, 2.24) is 9.88 Å². The van der Waals surface area contributed by atoms with Gasteiger partial charge in [0.05, 0.1) is 4.92 Å². The smallest absolute Gasteiger partial charge is 0.270 e. The van der Waals surface area contributed by atoms with E-state index in [4.69, 9.17) is 0 Å². The first-order chi connectivity index (χ1) is 13.0. The molecule has 138 valence electrons. The molecule has 1 aromatic heterocycles. The van der Waals surface area contributed by atoms with Crippen LogP contribution in [0.4, 0.5) is 15.8 Å². The van der Waals surface area contributed by atoms with Crippen LogP contribution in [0.2, 0.25) is 0 Å². The molecule has 0 atom stereocenters. The lowest BCUT2D eigenvalue weighted by molar-refractivity contribution is -0.384. The van der Waals surface area contributed by atoms with E-state index in [2.05, 4.69) is 9.88 Å². The van der Waals surface area contributed by atoms with Crippen molar-refractivity contribution in [3.8, 4) is 0 Å². The predicted molar refractivity (Wildman–Crippen MR) is 99.5 cm³/mol. The third kappa shape index (κ3) is 3.33. The number of hydrogen-bond donors (Lipinski definition) is 1. The van der Waals surface area contributed by atoms with Crippen molar-refractivity contribution in [2.24, 2.45) is 0 Å². The summed E-state index contributed by atoms with van der Waals surface area (Å²) in [4.78, 5) is 29.9. The number of non-ortho nitro benzene ring substituents is 1. The summed E-state index contributed by atoms with van der Waals surface area (Å²) in [6.45, 7) is 2.36. The van der Waals surface area contributed by atoms with Crippen LogP contribution in [0.25, 0.3) is 10.9 Å². The third-order valence-electron chi connectivity index (χ3n) is 4.81. The number of H-pyrrole nitrogens is 1. The summed E-state index contributed by atoms with van der Waals surface area (Å²) in [6, 6.07) is 12.5. The summed E-state index contributed by atoms with van der Waals surface area (Å²) in [6.07, 6.45) is 0. The molecule has 4 rings (SSSR count). The number of halogens is 1. The van der Waals surface area contributed by atoms with Crippen molar-refractivity contribution >= 4 is 28.2 Å². The molecule has 27 heavy (non-hydrogen) atoms. The van der Waals surface area contributed by atoms with E-state index in [1.165, 1.54) is 24.3 Å². The minimum atomic E-state index is -0.424. The van der Waals surface area contributed by atoms with Gasteiger partial charge in [0, 0.05) is 54.9 Å². The molecule has 3 aromatic rings. The second-order valence-corrected chi connectivity index (χ2v) is 6.47. The first kappa shape index (κ1) is 17.0. The van der Waals surface area contributed by atoms with Crippen molar-refractivity contribution in [2.45, 2.75) is 0 Å². The molecule has 2 aromatic carbocycles. The number of nitrogens with one attached hydrogen (secondary N) is 1. The van der Waals surface area contributed by atoms with Crippen molar-refractivity contribution < 1.29 is 14.1 Å². The average molecular weight is 368 g/mol. The predicted octanol–water partition coefficient (Wildman–Crippen LogP) is 3.18. The Hall–Kier alpha value is -3.42. The summed E-state index contributed by atoms with van der Waals surface area (Å²) in [5.74, 6) is -0.452. The van der Waals surface area contributed by atoms with E-state index in [0.717, 1.165) is 11.2 Å². The Balaban J connectivity index is 1.43. The minimum absolute atomic E-state index is 0.0582. The number of anilines is 1. The summed E-state index contributed by atoms with van der Waals surface area (Å²) < 4.78 is 13.3. The van der Waals surface area contributed by atoms with Gasteiger partial charge in [-0.3, -0.25) is 14.9 Å². The maximum absolute atomic E-state index is 13.3. The molecule has 0 radical (unpaired) electrons. The van der Waals surface area contributed by atoms with Crippen LogP contribution in [0.15, 0.2) is 48.5 Å². The Morgan fingerprint density at radius 2 is 1.74 bits per heavy atom. The molecule has 1 aliphatic rings. The van der Waals surface area contributed by atoms with Crippen LogP contribution >= 0.6 is 0 Å². The zero-order chi connectivity index (χ0) is 19.0. The number of nitro groups is 1. The highest BCUT2D eigenvalue weighted by molar-refractivity contribution is 5.98. The van der Waals surface area contributed by atoms with Gasteiger partial charge < -0.3 is 14.8 Å². The Morgan fingerprint density at radius 1 is 1.04 bits per heavy atom. The summed E-state index contributed by atoms with van der Waals surface area (Å²) >= 11 is 0. The number of carbonyl (C=O) groups is 1. The van der Waals surface area contributed by atoms with E-state index in [0.29, 0.717) is 37.3 Å². The fourth-order valence-electron chi connectivity index (χ4n) is 3.34. The molecule has 0 spiro atoms. The molecule has 1 N–H and O–H groups in total. The number of aromatic nitrogens is 1. The molecule has 1 saturated heterocycles. The van der Waals surface area contributed by atoms with Crippen molar-refractivity contribution in [3.63, 3.8) is 0 Å². The molecule has 0 saturated carbocycles. The topological polar surface area (TPSA) is 82.5 Å². The van der Waals surface area contributed by atoms with Crippen LogP contribution in [0.1, 0.15) is 10.5 Å². The number of fused-ring (bicyclic) bond motifs is 1. The first-order valence-corrected chi connectivity index (χ1v) is 8.58. The van der Waals surface area contributed by atoms with Crippen LogP contribution < -0.4 is 4.90 Å². The van der Waals surface area contributed by atoms with Gasteiger partial charge in [0.2, 0.25) is 0 Å². The van der Waals surface area contributed by atoms with Crippen LogP contribution in [0, 0.1) is 15.9 Å². The first-order valence-electron chi connectivity index (χ1n) is 8.58. The number of nitrogens with zero attached hydrogens (tertiary/aromatic N) is 3. The lowest BCUT2D eigenvalue weighted by Gasteiger charge is -2.35. The normalized spacial score (nSPS) is 14.6. The van der Waals surface area contributed by atoms with E-state index in [1.807, 2.05) is 0 Å². The molecular formula is C19H17FN4O3. The van der Waals surface area contributed by atoms with Gasteiger partial charge in [0.1, 0.15) is 11.5 Å². The number of nitro benzene ring substituents is 1. The van der Waals surface area contributed by atoms with Crippen LogP contribution in [-0.2, 0) is 0 Å². The number of rotatable bonds is 3. The highest BCUT2D eigenvalue weighted by Gasteiger charge is 2.23. The summed E-state index contributed by atoms with van der Waals surface area (Å²) in [5, 5.41) is 11.4. The van der Waals surface area contributed by atoms with Gasteiger partial charge in [0.25, 0.3) is 11.6 Å². The van der Waals surface area contributed by atoms with Crippen LogP contribution in [0.5, 0.6) is 0 Å². The molecule has 1 fully saturated rings. The third-order valence-corrected chi connectivity index (χ3v) is 4.81. The maximum Gasteiger partial charge on any atom is 0.270 e. The lowest BCUT2D eigenvalue weighted by atomic mass is 10.2. The fourth-order valence-corrected chi connectivity index (χ4v) is 3.34. The number of amides is 1. The zero-order valence-electron chi connectivity index (χ0n) is 14.4. The number of benzene rings is 2. The molecule has 8 heteroatoms. The standard InChI is InChI=1S/C19H17FN4O3/c20-14-1-6-17-13(11-14)12-18(21-17)19(25)23-9-7-22(8-10-23)15-2-4-16(5-3-15)24(26)27/h1-6,11-12,21H,7-10H2. The van der Waals surface area contributed by atoms with Crippen LogP contribution in [-0.4, -0.2) is 46.9 Å². The molecule has 7 nitrogen and oxygen atoms in total. The van der Waals surface area contributed by atoms with Gasteiger partial charge in [-0.2, -0.15) is 0 Å². The average Bonchev–Trinajstić information content (AvgIpc) is 3.11. The van der Waals surface area contributed by atoms with E-state index in [-0.39, 0.29) is 17.4 Å². The summed E-state index contributed by atoms with van der Waals surface area (Å²) in [5.41, 5.74) is 2.13. The van der Waals surface area contributed by atoms with Crippen molar-refractivity contribution in [2.75, 3.05) is 31.1 Å². The van der Waals surface area contributed by atoms with Crippen molar-refractivity contribution in [1.29, 1.82) is 0 Å². The Kier molecular flexibility index (Phi) is 4.23. The number of piperazine rings is 1. The summed E-state index contributed by atoms with van der Waals surface area (Å²) in [7, 11) is 0. The van der Waals surface area contributed by atoms with E-state index in [1.54, 1.807) is 29.2 Å². The molecule has 0 bridgehead atoms. The number of aromatic amines is 1. The zero-order valence-corrected chi connectivity index (χ0v) is 14.4. The Morgan fingerprint density at radius 3 is 2.41 bits per heavy atom. The molecule has 1 amide bonds. The Labute approximate surface area is 154 Å². The van der Waals surface area contributed by atoms with Gasteiger partial charge in [-0.15, -0.1) is 0 Å². The lowest BCUT2D eigenvalue weighted by Crippen LogP contribution is -2.48. The maximum atomic E-state index is 13.3. The fraction of sp³-hybridized carbons (Fsp3) is 0.211.